The first kappa shape index (κ1) is 25.7. The zero-order chi connectivity index (χ0) is 30.6. The van der Waals surface area contributed by atoms with E-state index in [0.29, 0.717) is 0 Å². The van der Waals surface area contributed by atoms with E-state index in [-0.39, 0.29) is 0 Å². The minimum Gasteiger partial charge on any atom is -0.455 e. The third kappa shape index (κ3) is 3.48. The molecule has 47 heavy (non-hydrogen) atoms. The number of fused-ring (bicyclic) bond motifs is 12. The molecular formula is C44H24OS2. The van der Waals surface area contributed by atoms with Gasteiger partial charge in [-0.05, 0) is 63.0 Å². The van der Waals surface area contributed by atoms with Gasteiger partial charge >= 0.3 is 0 Å². The van der Waals surface area contributed by atoms with Crippen LogP contribution in [0.5, 0.6) is 0 Å². The quantitative estimate of drug-likeness (QED) is 0.173. The molecule has 218 valence electrons. The third-order valence-electron chi connectivity index (χ3n) is 9.87. The lowest BCUT2D eigenvalue weighted by Crippen LogP contribution is -1.91. The Labute approximate surface area is 277 Å². The van der Waals surface area contributed by atoms with Crippen LogP contribution in [0.4, 0.5) is 0 Å². The first-order chi connectivity index (χ1) is 23.3. The third-order valence-corrected chi connectivity index (χ3v) is 12.1. The molecule has 0 spiro atoms. The van der Waals surface area contributed by atoms with E-state index in [1.807, 2.05) is 22.7 Å². The van der Waals surface area contributed by atoms with Gasteiger partial charge in [0, 0.05) is 62.2 Å². The van der Waals surface area contributed by atoms with Crippen molar-refractivity contribution in [2.45, 2.75) is 0 Å². The van der Waals surface area contributed by atoms with E-state index in [4.69, 9.17) is 4.42 Å². The largest absolute Gasteiger partial charge is 0.455 e. The zero-order valence-electron chi connectivity index (χ0n) is 25.1. The smallest absolute Gasteiger partial charge is 0.143 e. The summed E-state index contributed by atoms with van der Waals surface area (Å²) in [6.45, 7) is 0. The van der Waals surface area contributed by atoms with Gasteiger partial charge in [0.2, 0.25) is 0 Å². The fourth-order valence-electron chi connectivity index (χ4n) is 7.99. The highest BCUT2D eigenvalue weighted by Crippen LogP contribution is 2.50. The van der Waals surface area contributed by atoms with Crippen molar-refractivity contribution in [3.8, 4) is 22.3 Å². The molecule has 11 rings (SSSR count). The van der Waals surface area contributed by atoms with E-state index >= 15 is 0 Å². The monoisotopic (exact) mass is 632 g/mol. The van der Waals surface area contributed by atoms with Crippen molar-refractivity contribution in [3.63, 3.8) is 0 Å². The normalized spacial score (nSPS) is 12.3. The van der Waals surface area contributed by atoms with Crippen LogP contribution in [0.1, 0.15) is 0 Å². The fourth-order valence-corrected chi connectivity index (χ4v) is 10.2. The number of thiophene rings is 2. The predicted molar refractivity (Wildman–Crippen MR) is 205 cm³/mol. The molecule has 0 unspecified atom stereocenters. The van der Waals surface area contributed by atoms with E-state index in [2.05, 4.69) is 146 Å². The second-order valence-electron chi connectivity index (χ2n) is 12.3. The average Bonchev–Trinajstić information content (AvgIpc) is 3.81. The molecule has 8 aromatic carbocycles. The SMILES string of the molecule is c1ccc2c(c1)sc1cccc(-c3c4ccccc4c(-c4cccc5c4oc4ccc6sc7ccccc7c6c45)c4ccccc34)c12. The standard InChI is InChI=1S/C44H24OS2/c1-3-13-27-25(11-1)39(31-17-10-22-37-41(31)29-15-5-7-20-35(29)46-37)26-12-2-4-14-28(26)40(27)32-18-9-19-33-42-34(45-44(32)33)23-24-38-43(42)30-16-6-8-21-36(30)47-38/h1-24H. The number of hydrogen-bond donors (Lipinski definition) is 0. The molecule has 11 aromatic rings. The van der Waals surface area contributed by atoms with Crippen LogP contribution in [-0.4, -0.2) is 0 Å². The van der Waals surface area contributed by atoms with Gasteiger partial charge in [-0.15, -0.1) is 22.7 Å². The van der Waals surface area contributed by atoms with Crippen molar-refractivity contribution in [2.24, 2.45) is 0 Å². The highest BCUT2D eigenvalue weighted by atomic mass is 32.1. The van der Waals surface area contributed by atoms with Gasteiger partial charge in [0.05, 0.1) is 0 Å². The molecule has 3 heterocycles. The van der Waals surface area contributed by atoms with Crippen molar-refractivity contribution in [1.82, 2.24) is 0 Å². The summed E-state index contributed by atoms with van der Waals surface area (Å²) in [5.74, 6) is 0. The minimum absolute atomic E-state index is 0.935. The van der Waals surface area contributed by atoms with Crippen molar-refractivity contribution in [2.75, 3.05) is 0 Å². The van der Waals surface area contributed by atoms with E-state index in [1.165, 1.54) is 89.4 Å². The molecule has 0 saturated heterocycles. The molecule has 3 aromatic heterocycles. The molecule has 3 heteroatoms. The number of para-hydroxylation sites is 1. The summed E-state index contributed by atoms with van der Waals surface area (Å²) in [4.78, 5) is 0. The van der Waals surface area contributed by atoms with Crippen LogP contribution in [0, 0.1) is 0 Å². The molecule has 1 nitrogen and oxygen atoms in total. The second kappa shape index (κ2) is 9.52. The number of furan rings is 1. The van der Waals surface area contributed by atoms with E-state index in [1.54, 1.807) is 0 Å². The first-order valence-corrected chi connectivity index (χ1v) is 17.6. The molecule has 0 aliphatic rings. The molecule has 0 fully saturated rings. The molecule has 0 N–H and O–H groups in total. The second-order valence-corrected chi connectivity index (χ2v) is 14.5. The topological polar surface area (TPSA) is 13.1 Å². The summed E-state index contributed by atoms with van der Waals surface area (Å²) in [5.41, 5.74) is 6.80. The zero-order valence-corrected chi connectivity index (χ0v) is 26.7. The molecule has 0 amide bonds. The van der Waals surface area contributed by atoms with Crippen molar-refractivity contribution >= 4 is 107 Å². The highest BCUT2D eigenvalue weighted by Gasteiger charge is 2.23. The van der Waals surface area contributed by atoms with Gasteiger partial charge in [-0.3, -0.25) is 0 Å². The Morgan fingerprint density at radius 2 is 0.787 bits per heavy atom. The number of hydrogen-bond acceptors (Lipinski definition) is 3. The fraction of sp³-hybridized carbons (Fsp3) is 0. The van der Waals surface area contributed by atoms with Crippen LogP contribution < -0.4 is 0 Å². The Balaban J connectivity index is 1.29. The summed E-state index contributed by atoms with van der Waals surface area (Å²) in [5, 5.41) is 12.6. The van der Waals surface area contributed by atoms with Crippen LogP contribution in [0.15, 0.2) is 150 Å². The van der Waals surface area contributed by atoms with Gasteiger partial charge in [-0.2, -0.15) is 0 Å². The maximum absolute atomic E-state index is 6.88. The van der Waals surface area contributed by atoms with Gasteiger partial charge in [0.25, 0.3) is 0 Å². The Bertz CT molecular complexity index is 3020. The maximum atomic E-state index is 6.88. The summed E-state index contributed by atoms with van der Waals surface area (Å²) in [6.07, 6.45) is 0. The molecule has 0 radical (unpaired) electrons. The Hall–Kier alpha value is -5.48. The lowest BCUT2D eigenvalue weighted by Gasteiger charge is -2.18. The lowest BCUT2D eigenvalue weighted by molar-refractivity contribution is 0.670. The predicted octanol–water partition coefficient (Wildman–Crippen LogP) is 14.0. The Kier molecular flexibility index (Phi) is 5.20. The maximum Gasteiger partial charge on any atom is 0.143 e. The van der Waals surface area contributed by atoms with Gasteiger partial charge < -0.3 is 4.42 Å². The van der Waals surface area contributed by atoms with E-state index in [0.717, 1.165) is 16.7 Å². The van der Waals surface area contributed by atoms with Crippen molar-refractivity contribution in [3.05, 3.63) is 146 Å². The van der Waals surface area contributed by atoms with Crippen LogP contribution in [0.2, 0.25) is 0 Å². The van der Waals surface area contributed by atoms with Gasteiger partial charge in [0.15, 0.2) is 0 Å². The number of benzene rings is 8. The van der Waals surface area contributed by atoms with Crippen LogP contribution in [-0.2, 0) is 0 Å². The van der Waals surface area contributed by atoms with Crippen LogP contribution >= 0.6 is 22.7 Å². The summed E-state index contributed by atoms with van der Waals surface area (Å²) >= 11 is 3.73. The molecule has 0 bridgehead atoms. The molecular weight excluding hydrogens is 609 g/mol. The molecule has 0 aliphatic heterocycles. The number of rotatable bonds is 2. The Morgan fingerprint density at radius 3 is 1.45 bits per heavy atom. The van der Waals surface area contributed by atoms with Crippen LogP contribution in [0.3, 0.4) is 0 Å². The highest BCUT2D eigenvalue weighted by molar-refractivity contribution is 7.26. The average molecular weight is 633 g/mol. The summed E-state index contributed by atoms with van der Waals surface area (Å²) in [7, 11) is 0. The minimum atomic E-state index is 0.935. The first-order valence-electron chi connectivity index (χ1n) is 15.9. The van der Waals surface area contributed by atoms with E-state index < -0.39 is 0 Å². The molecule has 0 atom stereocenters. The van der Waals surface area contributed by atoms with Gasteiger partial charge in [0.1, 0.15) is 11.2 Å². The Morgan fingerprint density at radius 1 is 0.319 bits per heavy atom. The molecule has 0 saturated carbocycles. The van der Waals surface area contributed by atoms with Crippen molar-refractivity contribution in [1.29, 1.82) is 0 Å². The van der Waals surface area contributed by atoms with E-state index in [9.17, 15) is 0 Å². The van der Waals surface area contributed by atoms with Crippen molar-refractivity contribution < 1.29 is 4.42 Å². The van der Waals surface area contributed by atoms with Gasteiger partial charge in [-0.25, -0.2) is 0 Å². The molecule has 0 aliphatic carbocycles. The van der Waals surface area contributed by atoms with Gasteiger partial charge in [-0.1, -0.05) is 115 Å². The van der Waals surface area contributed by atoms with Crippen LogP contribution in [0.25, 0.3) is 106 Å². The summed E-state index contributed by atoms with van der Waals surface area (Å²) in [6, 6.07) is 53.3. The lowest BCUT2D eigenvalue weighted by atomic mass is 9.84. The summed E-state index contributed by atoms with van der Waals surface area (Å²) < 4.78 is 12.1.